The van der Waals surface area contributed by atoms with Crippen molar-refractivity contribution in [3.05, 3.63) is 105 Å². The molecule has 0 saturated carbocycles. The fourth-order valence-corrected chi connectivity index (χ4v) is 4.91. The van der Waals surface area contributed by atoms with Crippen LogP contribution in [0.3, 0.4) is 0 Å². The second kappa shape index (κ2) is 8.73. The van der Waals surface area contributed by atoms with Crippen LogP contribution >= 0.6 is 0 Å². The Labute approximate surface area is 199 Å². The maximum atomic E-state index is 12.8. The van der Waals surface area contributed by atoms with Gasteiger partial charge < -0.3 is 9.72 Å². The van der Waals surface area contributed by atoms with E-state index in [9.17, 15) is 18.0 Å². The fourth-order valence-electron chi connectivity index (χ4n) is 3.82. The lowest BCUT2D eigenvalue weighted by molar-refractivity contribution is 0.308. The lowest BCUT2D eigenvalue weighted by Gasteiger charge is -2.11. The smallest absolute Gasteiger partial charge is 0.325 e. The molecule has 5 aromatic rings. The Morgan fingerprint density at radius 2 is 1.74 bits per heavy atom. The highest BCUT2D eigenvalue weighted by molar-refractivity contribution is 7.92. The van der Waals surface area contributed by atoms with Crippen molar-refractivity contribution >= 4 is 37.4 Å². The summed E-state index contributed by atoms with van der Waals surface area (Å²) in [6.45, 7) is 2.30. The Kier molecular flexibility index (Phi) is 5.58. The number of aromatic nitrogens is 3. The number of rotatable bonds is 6. The van der Waals surface area contributed by atoms with Crippen molar-refractivity contribution in [2.45, 2.75) is 18.4 Å². The predicted octanol–water partition coefficient (Wildman–Crippen LogP) is 3.45. The standard InChI is InChI=1S/C25H20N4O5S/c1-15-10-18(21-4-2-3-5-22(21)27-15)14-34-19-8-6-17-12-20(9-7-16(17)11-19)35(32,33)29-23-13-26-25(31)28-24(23)30/h2-13,29H,14H2,1H3,(H2,26,28,30,31). The van der Waals surface area contributed by atoms with Crippen LogP contribution in [0.4, 0.5) is 5.69 Å². The van der Waals surface area contributed by atoms with Crippen LogP contribution in [-0.2, 0) is 16.6 Å². The molecule has 0 spiro atoms. The van der Waals surface area contributed by atoms with E-state index in [1.807, 2.05) is 48.3 Å². The SMILES string of the molecule is Cc1cc(COc2ccc3cc(S(=O)(=O)Nc4c[nH]c(=O)[nH]c4=O)ccc3c2)c2ccccc2n1. The van der Waals surface area contributed by atoms with Crippen LogP contribution in [0.5, 0.6) is 5.75 Å². The molecule has 3 N–H and O–H groups in total. The molecule has 10 heteroatoms. The Morgan fingerprint density at radius 1 is 0.971 bits per heavy atom. The van der Waals surface area contributed by atoms with E-state index in [2.05, 4.69) is 14.7 Å². The van der Waals surface area contributed by atoms with E-state index in [-0.39, 0.29) is 10.6 Å². The second-order valence-corrected chi connectivity index (χ2v) is 9.67. The quantitative estimate of drug-likeness (QED) is 0.335. The second-order valence-electron chi connectivity index (χ2n) is 7.99. The summed E-state index contributed by atoms with van der Waals surface area (Å²) in [6, 6.07) is 19.9. The van der Waals surface area contributed by atoms with Gasteiger partial charge in [-0.15, -0.1) is 0 Å². The summed E-state index contributed by atoms with van der Waals surface area (Å²) < 4.78 is 33.7. The van der Waals surface area contributed by atoms with Gasteiger partial charge in [0.15, 0.2) is 0 Å². The number of hydrogen-bond donors (Lipinski definition) is 3. The summed E-state index contributed by atoms with van der Waals surface area (Å²) in [6.07, 6.45) is 1.01. The summed E-state index contributed by atoms with van der Waals surface area (Å²) in [5.41, 5.74) is 0.999. The summed E-state index contributed by atoms with van der Waals surface area (Å²) in [4.78, 5) is 31.7. The van der Waals surface area contributed by atoms with E-state index in [0.29, 0.717) is 17.7 Å². The number of aryl methyl sites for hydroxylation is 1. The molecule has 9 nitrogen and oxygen atoms in total. The van der Waals surface area contributed by atoms with Crippen LogP contribution in [-0.4, -0.2) is 23.4 Å². The van der Waals surface area contributed by atoms with Crippen molar-refractivity contribution in [3.63, 3.8) is 0 Å². The minimum Gasteiger partial charge on any atom is -0.489 e. The van der Waals surface area contributed by atoms with Crippen LogP contribution in [0.25, 0.3) is 21.7 Å². The summed E-state index contributed by atoms with van der Waals surface area (Å²) in [5, 5.41) is 2.50. The Balaban J connectivity index is 1.38. The fraction of sp³-hybridized carbons (Fsp3) is 0.0800. The van der Waals surface area contributed by atoms with E-state index in [1.165, 1.54) is 12.1 Å². The van der Waals surface area contributed by atoms with Gasteiger partial charge in [0, 0.05) is 22.8 Å². The Morgan fingerprint density at radius 3 is 2.57 bits per heavy atom. The van der Waals surface area contributed by atoms with Crippen molar-refractivity contribution in [2.24, 2.45) is 0 Å². The first-order valence-electron chi connectivity index (χ1n) is 10.7. The number of ether oxygens (including phenoxy) is 1. The average molecular weight is 489 g/mol. The van der Waals surface area contributed by atoms with E-state index < -0.39 is 21.3 Å². The molecule has 2 aromatic heterocycles. The number of benzene rings is 3. The van der Waals surface area contributed by atoms with Gasteiger partial charge >= 0.3 is 5.69 Å². The first-order chi connectivity index (χ1) is 16.8. The number of H-pyrrole nitrogens is 2. The third-order valence-electron chi connectivity index (χ3n) is 5.48. The van der Waals surface area contributed by atoms with Gasteiger partial charge in [0.05, 0.1) is 10.4 Å². The summed E-state index contributed by atoms with van der Waals surface area (Å²) in [5.74, 6) is 0.643. The average Bonchev–Trinajstić information content (AvgIpc) is 2.83. The molecule has 0 atom stereocenters. The van der Waals surface area contributed by atoms with Crippen LogP contribution in [0, 0.1) is 6.92 Å². The zero-order chi connectivity index (χ0) is 24.6. The van der Waals surface area contributed by atoms with Gasteiger partial charge in [-0.3, -0.25) is 19.5 Å². The molecular formula is C25H20N4O5S. The zero-order valence-corrected chi connectivity index (χ0v) is 19.3. The number of fused-ring (bicyclic) bond motifs is 2. The van der Waals surface area contributed by atoms with Crippen LogP contribution in [0.1, 0.15) is 11.3 Å². The molecule has 0 saturated heterocycles. The number of sulfonamides is 1. The molecule has 5 rings (SSSR count). The van der Waals surface area contributed by atoms with Crippen molar-refractivity contribution in [2.75, 3.05) is 4.72 Å². The third-order valence-corrected chi connectivity index (χ3v) is 6.84. The number of nitrogens with one attached hydrogen (secondary N) is 3. The highest BCUT2D eigenvalue weighted by atomic mass is 32.2. The van der Waals surface area contributed by atoms with Crippen molar-refractivity contribution in [1.82, 2.24) is 15.0 Å². The van der Waals surface area contributed by atoms with Gasteiger partial charge in [0.2, 0.25) is 0 Å². The Hall–Kier alpha value is -4.44. The zero-order valence-electron chi connectivity index (χ0n) is 18.5. The first-order valence-corrected chi connectivity index (χ1v) is 12.1. The van der Waals surface area contributed by atoms with E-state index >= 15 is 0 Å². The van der Waals surface area contributed by atoms with Gasteiger partial charge in [-0.1, -0.05) is 30.3 Å². The van der Waals surface area contributed by atoms with Gasteiger partial charge in [0.1, 0.15) is 18.0 Å². The molecule has 0 unspecified atom stereocenters. The van der Waals surface area contributed by atoms with Gasteiger partial charge in [-0.25, -0.2) is 13.2 Å². The molecule has 0 aliphatic rings. The van der Waals surface area contributed by atoms with Crippen LogP contribution in [0.15, 0.2) is 87.4 Å². The molecule has 0 fully saturated rings. The number of anilines is 1. The molecule has 3 aromatic carbocycles. The maximum absolute atomic E-state index is 12.8. The van der Waals surface area contributed by atoms with E-state index in [1.54, 1.807) is 18.2 Å². The monoisotopic (exact) mass is 488 g/mol. The molecule has 35 heavy (non-hydrogen) atoms. The number of hydrogen-bond acceptors (Lipinski definition) is 6. The van der Waals surface area contributed by atoms with Gasteiger partial charge in [-0.05, 0) is 54.1 Å². The van der Waals surface area contributed by atoms with Crippen LogP contribution in [0.2, 0.25) is 0 Å². The molecule has 0 amide bonds. The van der Waals surface area contributed by atoms with E-state index in [0.717, 1.165) is 33.7 Å². The molecule has 0 radical (unpaired) electrons. The molecule has 0 bridgehead atoms. The highest BCUT2D eigenvalue weighted by Crippen LogP contribution is 2.26. The molecule has 0 aliphatic carbocycles. The number of pyridine rings is 1. The van der Waals surface area contributed by atoms with Crippen molar-refractivity contribution < 1.29 is 13.2 Å². The van der Waals surface area contributed by atoms with Gasteiger partial charge in [0.25, 0.3) is 15.6 Å². The number of nitrogens with zero attached hydrogens (tertiary/aromatic N) is 1. The third kappa shape index (κ3) is 4.64. The van der Waals surface area contributed by atoms with E-state index in [4.69, 9.17) is 4.74 Å². The largest absolute Gasteiger partial charge is 0.489 e. The minimum absolute atomic E-state index is 0.0250. The van der Waals surface area contributed by atoms with Gasteiger partial charge in [-0.2, -0.15) is 0 Å². The number of para-hydroxylation sites is 1. The van der Waals surface area contributed by atoms with Crippen molar-refractivity contribution in [1.29, 1.82) is 0 Å². The lowest BCUT2D eigenvalue weighted by Crippen LogP contribution is -2.26. The maximum Gasteiger partial charge on any atom is 0.325 e. The highest BCUT2D eigenvalue weighted by Gasteiger charge is 2.17. The summed E-state index contributed by atoms with van der Waals surface area (Å²) >= 11 is 0. The topological polar surface area (TPSA) is 134 Å². The van der Waals surface area contributed by atoms with Crippen molar-refractivity contribution in [3.8, 4) is 5.75 Å². The first kappa shape index (κ1) is 22.4. The summed E-state index contributed by atoms with van der Waals surface area (Å²) in [7, 11) is -4.05. The minimum atomic E-state index is -4.05. The number of aromatic amines is 2. The molecular weight excluding hydrogens is 468 g/mol. The molecule has 0 aliphatic heterocycles. The van der Waals surface area contributed by atoms with Crippen LogP contribution < -0.4 is 20.7 Å². The normalized spacial score (nSPS) is 11.6. The molecule has 2 heterocycles. The predicted molar refractivity (Wildman–Crippen MR) is 133 cm³/mol. The molecule has 176 valence electrons. The Bertz CT molecular complexity index is 1810. The lowest BCUT2D eigenvalue weighted by atomic mass is 10.1.